The van der Waals surface area contributed by atoms with Crippen molar-refractivity contribution in [3.05, 3.63) is 40.7 Å². The van der Waals surface area contributed by atoms with Gasteiger partial charge in [-0.1, -0.05) is 0 Å². The predicted molar refractivity (Wildman–Crippen MR) is 97.7 cm³/mol. The number of H-pyrrole nitrogens is 1. The van der Waals surface area contributed by atoms with Crippen LogP contribution < -0.4 is 19.5 Å². The first-order chi connectivity index (χ1) is 13.0. The third-order valence-electron chi connectivity index (χ3n) is 4.91. The van der Waals surface area contributed by atoms with Crippen LogP contribution in [0.25, 0.3) is 0 Å². The van der Waals surface area contributed by atoms with E-state index in [2.05, 4.69) is 10.3 Å². The number of ketones is 1. The molecule has 1 aromatic carbocycles. The van der Waals surface area contributed by atoms with E-state index in [-0.39, 0.29) is 25.1 Å². The number of hydrogen-bond donors (Lipinski definition) is 2. The number of rotatable bonds is 7. The van der Waals surface area contributed by atoms with E-state index in [9.17, 15) is 9.59 Å². The molecule has 2 aromatic rings. The van der Waals surface area contributed by atoms with E-state index in [0.29, 0.717) is 52.2 Å². The maximum atomic E-state index is 12.7. The van der Waals surface area contributed by atoms with Crippen LogP contribution in [0.3, 0.4) is 0 Å². The molecule has 0 bridgehead atoms. The zero-order valence-corrected chi connectivity index (χ0v) is 15.4. The van der Waals surface area contributed by atoms with Crippen LogP contribution in [0.2, 0.25) is 0 Å². The van der Waals surface area contributed by atoms with Crippen LogP contribution in [-0.4, -0.2) is 36.6 Å². The van der Waals surface area contributed by atoms with E-state index in [4.69, 9.17) is 14.2 Å². The highest BCUT2D eigenvalue weighted by molar-refractivity contribution is 6.04. The van der Waals surface area contributed by atoms with Gasteiger partial charge in [-0.25, -0.2) is 0 Å². The highest BCUT2D eigenvalue weighted by atomic mass is 16.7. The molecule has 0 unspecified atom stereocenters. The highest BCUT2D eigenvalue weighted by Gasteiger charge is 2.25. The van der Waals surface area contributed by atoms with Gasteiger partial charge in [-0.3, -0.25) is 9.59 Å². The van der Waals surface area contributed by atoms with Crippen LogP contribution in [0.15, 0.2) is 18.2 Å². The molecule has 7 nitrogen and oxygen atoms in total. The van der Waals surface area contributed by atoms with Crippen LogP contribution >= 0.6 is 0 Å². The first-order valence-corrected chi connectivity index (χ1v) is 9.06. The second-order valence-electron chi connectivity index (χ2n) is 7.01. The molecule has 2 N–H and O–H groups in total. The summed E-state index contributed by atoms with van der Waals surface area (Å²) in [5.74, 6) is 2.04. The van der Waals surface area contributed by atoms with Crippen molar-refractivity contribution in [1.29, 1.82) is 0 Å². The number of hydrogen-bond acceptors (Lipinski definition) is 5. The molecule has 1 fully saturated rings. The van der Waals surface area contributed by atoms with Gasteiger partial charge in [0.25, 0.3) is 5.91 Å². The van der Waals surface area contributed by atoms with Gasteiger partial charge in [0.15, 0.2) is 18.1 Å². The minimum Gasteiger partial charge on any atom is -0.485 e. The van der Waals surface area contributed by atoms with Gasteiger partial charge in [-0.05, 0) is 50.3 Å². The van der Waals surface area contributed by atoms with Gasteiger partial charge < -0.3 is 24.5 Å². The third kappa shape index (κ3) is 3.63. The fourth-order valence-corrected chi connectivity index (χ4v) is 3.23. The van der Waals surface area contributed by atoms with Crippen molar-refractivity contribution in [2.24, 2.45) is 5.92 Å². The molecule has 0 atom stereocenters. The standard InChI is InChI=1S/C20H22N2O5/c1-11-18(12(2)22-19(11)20(24)21-8-13-3-4-13)15(23)9-25-14-5-6-16-17(7-14)27-10-26-16/h5-7,13,22H,3-4,8-10H2,1-2H3,(H,21,24). The topological polar surface area (TPSA) is 89.7 Å². The summed E-state index contributed by atoms with van der Waals surface area (Å²) in [6.45, 7) is 4.32. The van der Waals surface area contributed by atoms with E-state index in [1.54, 1.807) is 32.0 Å². The van der Waals surface area contributed by atoms with E-state index in [1.165, 1.54) is 12.8 Å². The Morgan fingerprint density at radius 2 is 2.00 bits per heavy atom. The number of benzene rings is 1. The number of carbonyl (C=O) groups is 2. The SMILES string of the molecule is Cc1[nH]c(C(=O)NCC2CC2)c(C)c1C(=O)COc1ccc2c(c1)OCO2. The normalized spacial score (nSPS) is 14.9. The molecular formula is C20H22N2O5. The number of carbonyl (C=O) groups excluding carboxylic acids is 2. The molecule has 4 rings (SSSR count). The summed E-state index contributed by atoms with van der Waals surface area (Å²) in [6, 6.07) is 5.18. The molecule has 0 spiro atoms. The van der Waals surface area contributed by atoms with Crippen molar-refractivity contribution in [3.63, 3.8) is 0 Å². The van der Waals surface area contributed by atoms with Crippen molar-refractivity contribution in [2.45, 2.75) is 26.7 Å². The predicted octanol–water partition coefficient (Wildman–Crippen LogP) is 2.76. The van der Waals surface area contributed by atoms with Gasteiger partial charge in [-0.15, -0.1) is 0 Å². The van der Waals surface area contributed by atoms with Crippen LogP contribution in [0.1, 0.15) is 44.9 Å². The summed E-state index contributed by atoms with van der Waals surface area (Å²) in [5, 5.41) is 2.92. The van der Waals surface area contributed by atoms with Crippen LogP contribution in [0.5, 0.6) is 17.2 Å². The van der Waals surface area contributed by atoms with Crippen LogP contribution in [0, 0.1) is 19.8 Å². The van der Waals surface area contributed by atoms with Gasteiger partial charge in [0.1, 0.15) is 11.4 Å². The lowest BCUT2D eigenvalue weighted by Crippen LogP contribution is -2.26. The summed E-state index contributed by atoms with van der Waals surface area (Å²) in [4.78, 5) is 28.1. The Balaban J connectivity index is 1.42. The summed E-state index contributed by atoms with van der Waals surface area (Å²) in [6.07, 6.45) is 2.34. The number of aryl methyl sites for hydroxylation is 1. The molecule has 1 saturated carbocycles. The average Bonchev–Trinajstić information content (AvgIpc) is 3.28. The molecule has 142 valence electrons. The zero-order chi connectivity index (χ0) is 19.0. The first kappa shape index (κ1) is 17.5. The van der Waals surface area contributed by atoms with Crippen LogP contribution in [-0.2, 0) is 0 Å². The fraction of sp³-hybridized carbons (Fsp3) is 0.400. The van der Waals surface area contributed by atoms with Crippen LogP contribution in [0.4, 0.5) is 0 Å². The number of ether oxygens (including phenoxy) is 3. The summed E-state index contributed by atoms with van der Waals surface area (Å²) < 4.78 is 16.2. The summed E-state index contributed by atoms with van der Waals surface area (Å²) in [5.41, 5.74) is 2.27. The smallest absolute Gasteiger partial charge is 0.268 e. The Kier molecular flexibility index (Phi) is 4.51. The minimum absolute atomic E-state index is 0.123. The van der Waals surface area contributed by atoms with E-state index in [0.717, 1.165) is 0 Å². The van der Waals surface area contributed by atoms with Crippen molar-refractivity contribution in [1.82, 2.24) is 10.3 Å². The maximum Gasteiger partial charge on any atom is 0.268 e. The van der Waals surface area contributed by atoms with Crippen molar-refractivity contribution >= 4 is 11.7 Å². The van der Waals surface area contributed by atoms with Gasteiger partial charge in [0.2, 0.25) is 12.6 Å². The number of nitrogens with one attached hydrogen (secondary N) is 2. The number of aromatic amines is 1. The largest absolute Gasteiger partial charge is 0.485 e. The molecule has 7 heteroatoms. The van der Waals surface area contributed by atoms with Gasteiger partial charge >= 0.3 is 0 Å². The Morgan fingerprint density at radius 1 is 1.22 bits per heavy atom. The molecule has 2 heterocycles. The Hall–Kier alpha value is -2.96. The monoisotopic (exact) mass is 370 g/mol. The molecule has 0 radical (unpaired) electrons. The second-order valence-corrected chi connectivity index (χ2v) is 7.01. The summed E-state index contributed by atoms with van der Waals surface area (Å²) >= 11 is 0. The molecule has 1 aliphatic heterocycles. The average molecular weight is 370 g/mol. The van der Waals surface area contributed by atoms with E-state index < -0.39 is 0 Å². The minimum atomic E-state index is -0.180. The Labute approximate surface area is 157 Å². The first-order valence-electron chi connectivity index (χ1n) is 9.06. The zero-order valence-electron chi connectivity index (χ0n) is 15.4. The number of Topliss-reactive ketones (excluding diaryl/α,β-unsaturated/α-hetero) is 1. The quantitative estimate of drug-likeness (QED) is 0.732. The van der Waals surface area contributed by atoms with E-state index >= 15 is 0 Å². The number of amides is 1. The molecule has 1 aromatic heterocycles. The number of aromatic nitrogens is 1. The lowest BCUT2D eigenvalue weighted by molar-refractivity contribution is 0.0920. The van der Waals surface area contributed by atoms with Gasteiger partial charge in [-0.2, -0.15) is 0 Å². The second kappa shape index (κ2) is 6.98. The molecule has 2 aliphatic rings. The lowest BCUT2D eigenvalue weighted by Gasteiger charge is -2.07. The molecule has 1 amide bonds. The van der Waals surface area contributed by atoms with Crippen molar-refractivity contribution in [2.75, 3.05) is 19.9 Å². The summed E-state index contributed by atoms with van der Waals surface area (Å²) in [7, 11) is 0. The van der Waals surface area contributed by atoms with Gasteiger partial charge in [0.05, 0.1) is 0 Å². The molecule has 0 saturated heterocycles. The Morgan fingerprint density at radius 3 is 2.78 bits per heavy atom. The highest BCUT2D eigenvalue weighted by Crippen LogP contribution is 2.35. The molecule has 27 heavy (non-hydrogen) atoms. The fourth-order valence-electron chi connectivity index (χ4n) is 3.23. The van der Waals surface area contributed by atoms with E-state index in [1.807, 2.05) is 0 Å². The molecule has 1 aliphatic carbocycles. The van der Waals surface area contributed by atoms with Crippen molar-refractivity contribution in [3.8, 4) is 17.2 Å². The van der Waals surface area contributed by atoms with Gasteiger partial charge in [0, 0.05) is 23.9 Å². The Bertz CT molecular complexity index is 898. The maximum absolute atomic E-state index is 12.7. The lowest BCUT2D eigenvalue weighted by atomic mass is 10.1. The number of fused-ring (bicyclic) bond motifs is 1. The molecular weight excluding hydrogens is 348 g/mol. The van der Waals surface area contributed by atoms with Crippen molar-refractivity contribution < 1.29 is 23.8 Å². The third-order valence-corrected chi connectivity index (χ3v) is 4.91.